The van der Waals surface area contributed by atoms with Gasteiger partial charge in [0.1, 0.15) is 5.75 Å². The van der Waals surface area contributed by atoms with Crippen LogP contribution in [-0.2, 0) is 11.2 Å². The molecular formula is C20H22ClNO3. The number of nitrogens with one attached hydrogen (secondary N) is 1. The summed E-state index contributed by atoms with van der Waals surface area (Å²) in [5.74, 6) is 0.261. The van der Waals surface area contributed by atoms with Gasteiger partial charge in [-0.05, 0) is 37.1 Å². The zero-order valence-corrected chi connectivity index (χ0v) is 15.2. The van der Waals surface area contributed by atoms with Crippen LogP contribution in [0.15, 0.2) is 42.5 Å². The van der Waals surface area contributed by atoms with E-state index in [1.165, 1.54) is 5.56 Å². The molecule has 0 spiro atoms. The van der Waals surface area contributed by atoms with E-state index < -0.39 is 0 Å². The Kier molecular flexibility index (Phi) is 7.02. The topological polar surface area (TPSA) is 55.4 Å². The van der Waals surface area contributed by atoms with Gasteiger partial charge in [0.25, 0.3) is 0 Å². The minimum Gasteiger partial charge on any atom is -0.492 e. The van der Waals surface area contributed by atoms with Gasteiger partial charge in [-0.1, -0.05) is 42.8 Å². The maximum Gasteiger partial charge on any atom is 0.224 e. The molecule has 0 aliphatic rings. The Morgan fingerprint density at radius 1 is 1.04 bits per heavy atom. The number of anilines is 1. The third-order valence-electron chi connectivity index (χ3n) is 3.78. The number of halogens is 1. The average Bonchev–Trinajstić information content (AvgIpc) is 2.62. The van der Waals surface area contributed by atoms with Gasteiger partial charge in [0.05, 0.1) is 12.3 Å². The van der Waals surface area contributed by atoms with Crippen LogP contribution in [0.25, 0.3) is 0 Å². The Balaban J connectivity index is 1.94. The molecule has 0 unspecified atom stereocenters. The van der Waals surface area contributed by atoms with Crippen molar-refractivity contribution in [2.24, 2.45) is 0 Å². The molecule has 132 valence electrons. The van der Waals surface area contributed by atoms with Crippen LogP contribution in [0.1, 0.15) is 42.6 Å². The molecule has 4 nitrogen and oxygen atoms in total. The summed E-state index contributed by atoms with van der Waals surface area (Å²) in [4.78, 5) is 24.4. The van der Waals surface area contributed by atoms with Crippen LogP contribution < -0.4 is 10.1 Å². The summed E-state index contributed by atoms with van der Waals surface area (Å²) in [5, 5.41) is 3.27. The molecule has 0 aliphatic carbocycles. The highest BCUT2D eigenvalue weighted by Crippen LogP contribution is 2.28. The molecule has 25 heavy (non-hydrogen) atoms. The quantitative estimate of drug-likeness (QED) is 0.682. The summed E-state index contributed by atoms with van der Waals surface area (Å²) in [7, 11) is 0. The molecule has 0 saturated heterocycles. The van der Waals surface area contributed by atoms with Crippen LogP contribution in [0.5, 0.6) is 5.75 Å². The molecule has 0 atom stereocenters. The normalized spacial score (nSPS) is 10.4. The van der Waals surface area contributed by atoms with Crippen LogP contribution in [0.4, 0.5) is 5.69 Å². The van der Waals surface area contributed by atoms with E-state index in [9.17, 15) is 9.59 Å². The Morgan fingerprint density at radius 2 is 1.76 bits per heavy atom. The first-order chi connectivity index (χ1) is 12.0. The van der Waals surface area contributed by atoms with Crippen molar-refractivity contribution >= 4 is 29.0 Å². The summed E-state index contributed by atoms with van der Waals surface area (Å²) in [6.45, 7) is 4.41. The number of carbonyl (C=O) groups excluding carboxylic acids is 2. The van der Waals surface area contributed by atoms with Gasteiger partial charge < -0.3 is 10.1 Å². The minimum absolute atomic E-state index is 0.0473. The van der Waals surface area contributed by atoms with E-state index in [1.807, 2.05) is 31.2 Å². The maximum atomic E-state index is 12.2. The van der Waals surface area contributed by atoms with Crippen molar-refractivity contribution in [2.45, 2.75) is 33.1 Å². The number of amides is 1. The lowest BCUT2D eigenvalue weighted by atomic mass is 10.0. The van der Waals surface area contributed by atoms with E-state index in [2.05, 4.69) is 12.2 Å². The second-order valence-corrected chi connectivity index (χ2v) is 6.03. The van der Waals surface area contributed by atoms with Gasteiger partial charge in [0, 0.05) is 23.4 Å². The average molecular weight is 360 g/mol. The smallest absolute Gasteiger partial charge is 0.224 e. The molecular weight excluding hydrogens is 338 g/mol. The SMILES string of the molecule is CCOc1ccc(Cl)cc1NC(=O)CCC(=O)c1ccc(CC)cc1. The third-order valence-corrected chi connectivity index (χ3v) is 4.01. The number of Topliss-reactive ketones (excluding diaryl/α,β-unsaturated/α-hetero) is 1. The van der Waals surface area contributed by atoms with Crippen LogP contribution in [-0.4, -0.2) is 18.3 Å². The number of ether oxygens (including phenoxy) is 1. The highest BCUT2D eigenvalue weighted by atomic mass is 35.5. The van der Waals surface area contributed by atoms with E-state index in [4.69, 9.17) is 16.3 Å². The Hall–Kier alpha value is -2.33. The predicted octanol–water partition coefficient (Wildman–Crippen LogP) is 4.90. The molecule has 2 aromatic carbocycles. The van der Waals surface area contributed by atoms with Crippen LogP contribution in [0.3, 0.4) is 0 Å². The van der Waals surface area contributed by atoms with E-state index in [0.29, 0.717) is 28.6 Å². The molecule has 0 saturated carbocycles. The molecule has 0 bridgehead atoms. The predicted molar refractivity (Wildman–Crippen MR) is 101 cm³/mol. The second kappa shape index (κ2) is 9.23. The second-order valence-electron chi connectivity index (χ2n) is 5.60. The third kappa shape index (κ3) is 5.61. The van der Waals surface area contributed by atoms with E-state index in [-0.39, 0.29) is 24.5 Å². The number of rotatable bonds is 8. The molecule has 0 aromatic heterocycles. The lowest BCUT2D eigenvalue weighted by Gasteiger charge is -2.12. The molecule has 0 aliphatic heterocycles. The van der Waals surface area contributed by atoms with Gasteiger partial charge in [-0.3, -0.25) is 9.59 Å². The van der Waals surface area contributed by atoms with Crippen molar-refractivity contribution in [3.05, 3.63) is 58.6 Å². The van der Waals surface area contributed by atoms with Crippen molar-refractivity contribution in [1.29, 1.82) is 0 Å². The van der Waals surface area contributed by atoms with Gasteiger partial charge in [0.2, 0.25) is 5.91 Å². The minimum atomic E-state index is -0.248. The van der Waals surface area contributed by atoms with Crippen molar-refractivity contribution in [3.63, 3.8) is 0 Å². The summed E-state index contributed by atoms with van der Waals surface area (Å²) < 4.78 is 5.47. The van der Waals surface area contributed by atoms with Crippen molar-refractivity contribution in [2.75, 3.05) is 11.9 Å². The van der Waals surface area contributed by atoms with Gasteiger partial charge in [-0.15, -0.1) is 0 Å². The zero-order chi connectivity index (χ0) is 18.2. The highest BCUT2D eigenvalue weighted by molar-refractivity contribution is 6.31. The molecule has 2 rings (SSSR count). The summed E-state index contributed by atoms with van der Waals surface area (Å²) >= 11 is 5.97. The fraction of sp³-hybridized carbons (Fsp3) is 0.300. The number of benzene rings is 2. The highest BCUT2D eigenvalue weighted by Gasteiger charge is 2.12. The fourth-order valence-corrected chi connectivity index (χ4v) is 2.56. The zero-order valence-electron chi connectivity index (χ0n) is 14.5. The summed E-state index contributed by atoms with van der Waals surface area (Å²) in [6, 6.07) is 12.5. The van der Waals surface area contributed by atoms with E-state index in [0.717, 1.165) is 6.42 Å². The maximum absolute atomic E-state index is 12.2. The van der Waals surface area contributed by atoms with Gasteiger partial charge in [-0.25, -0.2) is 0 Å². The Morgan fingerprint density at radius 3 is 2.40 bits per heavy atom. The Labute approximate surface area is 153 Å². The van der Waals surface area contributed by atoms with Crippen molar-refractivity contribution < 1.29 is 14.3 Å². The van der Waals surface area contributed by atoms with Crippen molar-refractivity contribution in [1.82, 2.24) is 0 Å². The van der Waals surface area contributed by atoms with Crippen LogP contribution in [0, 0.1) is 0 Å². The first-order valence-corrected chi connectivity index (χ1v) is 8.75. The molecule has 1 N–H and O–H groups in total. The largest absolute Gasteiger partial charge is 0.492 e. The molecule has 5 heteroatoms. The van der Waals surface area contributed by atoms with Crippen molar-refractivity contribution in [3.8, 4) is 5.75 Å². The van der Waals surface area contributed by atoms with Gasteiger partial charge in [-0.2, -0.15) is 0 Å². The summed E-state index contributed by atoms with van der Waals surface area (Å²) in [6.07, 6.45) is 1.19. The molecule has 0 fully saturated rings. The van der Waals surface area contributed by atoms with Crippen LogP contribution >= 0.6 is 11.6 Å². The number of hydrogen-bond donors (Lipinski definition) is 1. The van der Waals surface area contributed by atoms with Crippen LogP contribution in [0.2, 0.25) is 5.02 Å². The lowest BCUT2D eigenvalue weighted by Crippen LogP contribution is -2.14. The fourth-order valence-electron chi connectivity index (χ4n) is 2.39. The number of carbonyl (C=O) groups is 2. The number of aryl methyl sites for hydroxylation is 1. The van der Waals surface area contributed by atoms with E-state index >= 15 is 0 Å². The number of ketones is 1. The Bertz CT molecular complexity index is 741. The molecule has 0 radical (unpaired) electrons. The van der Waals surface area contributed by atoms with Gasteiger partial charge in [0.15, 0.2) is 5.78 Å². The standard InChI is InChI=1S/C20H22ClNO3/c1-3-14-5-7-15(8-6-14)18(23)10-12-20(24)22-17-13-16(21)9-11-19(17)25-4-2/h5-9,11,13H,3-4,10,12H2,1-2H3,(H,22,24). The first-order valence-electron chi connectivity index (χ1n) is 8.37. The number of hydrogen-bond acceptors (Lipinski definition) is 3. The monoisotopic (exact) mass is 359 g/mol. The summed E-state index contributed by atoms with van der Waals surface area (Å²) in [5.41, 5.74) is 2.32. The lowest BCUT2D eigenvalue weighted by molar-refractivity contribution is -0.116. The first kappa shape index (κ1) is 19.0. The molecule has 2 aromatic rings. The molecule has 1 amide bonds. The molecule has 0 heterocycles. The van der Waals surface area contributed by atoms with Gasteiger partial charge >= 0.3 is 0 Å². The van der Waals surface area contributed by atoms with E-state index in [1.54, 1.807) is 18.2 Å².